The SMILES string of the molecule is CC[C@H](C)c1ccccc1NC(=O)CN1CCN(S(=O)(=O)c2ccccc2F)CC1. The van der Waals surface area contributed by atoms with Crippen LogP contribution in [0.4, 0.5) is 10.1 Å². The van der Waals surface area contributed by atoms with E-state index in [2.05, 4.69) is 19.2 Å². The van der Waals surface area contributed by atoms with Crippen LogP contribution >= 0.6 is 0 Å². The summed E-state index contributed by atoms with van der Waals surface area (Å²) in [6.45, 7) is 5.67. The van der Waals surface area contributed by atoms with Gasteiger partial charge in [-0.2, -0.15) is 4.31 Å². The van der Waals surface area contributed by atoms with Gasteiger partial charge >= 0.3 is 0 Å². The predicted molar refractivity (Wildman–Crippen MR) is 115 cm³/mol. The highest BCUT2D eigenvalue weighted by molar-refractivity contribution is 7.89. The van der Waals surface area contributed by atoms with Crippen LogP contribution in [0, 0.1) is 5.82 Å². The van der Waals surface area contributed by atoms with Crippen LogP contribution in [0.1, 0.15) is 31.7 Å². The summed E-state index contributed by atoms with van der Waals surface area (Å²) in [5.41, 5.74) is 1.92. The van der Waals surface area contributed by atoms with Crippen LogP contribution in [-0.4, -0.2) is 56.3 Å². The van der Waals surface area contributed by atoms with Crippen LogP contribution < -0.4 is 5.32 Å². The Bertz CT molecular complexity index is 989. The molecule has 0 saturated carbocycles. The van der Waals surface area contributed by atoms with E-state index in [1.54, 1.807) is 0 Å². The van der Waals surface area contributed by atoms with Gasteiger partial charge in [0.1, 0.15) is 10.7 Å². The van der Waals surface area contributed by atoms with Crippen molar-refractivity contribution in [3.05, 3.63) is 59.9 Å². The van der Waals surface area contributed by atoms with Crippen molar-refractivity contribution < 1.29 is 17.6 Å². The van der Waals surface area contributed by atoms with E-state index in [0.717, 1.165) is 23.7 Å². The lowest BCUT2D eigenvalue weighted by molar-refractivity contribution is -0.117. The maximum absolute atomic E-state index is 13.9. The fraction of sp³-hybridized carbons (Fsp3) is 0.409. The number of piperazine rings is 1. The van der Waals surface area contributed by atoms with Gasteiger partial charge < -0.3 is 5.32 Å². The predicted octanol–water partition coefficient (Wildman–Crippen LogP) is 3.28. The first-order valence-electron chi connectivity index (χ1n) is 10.2. The lowest BCUT2D eigenvalue weighted by Crippen LogP contribution is -2.50. The quantitative estimate of drug-likeness (QED) is 0.728. The van der Waals surface area contributed by atoms with Gasteiger partial charge in [0.2, 0.25) is 15.9 Å². The Morgan fingerprint density at radius 2 is 1.70 bits per heavy atom. The summed E-state index contributed by atoms with van der Waals surface area (Å²) in [6, 6.07) is 13.2. The monoisotopic (exact) mass is 433 g/mol. The van der Waals surface area contributed by atoms with Crippen LogP contribution in [-0.2, 0) is 14.8 Å². The summed E-state index contributed by atoms with van der Waals surface area (Å²) >= 11 is 0. The number of sulfonamides is 1. The number of para-hydroxylation sites is 1. The molecule has 1 aliphatic rings. The van der Waals surface area contributed by atoms with E-state index in [4.69, 9.17) is 0 Å². The molecule has 1 amide bonds. The first-order chi connectivity index (χ1) is 14.3. The average molecular weight is 434 g/mol. The first-order valence-corrected chi connectivity index (χ1v) is 11.6. The molecule has 0 bridgehead atoms. The zero-order valence-electron chi connectivity index (χ0n) is 17.3. The second-order valence-electron chi connectivity index (χ2n) is 7.56. The minimum Gasteiger partial charge on any atom is -0.325 e. The van der Waals surface area contributed by atoms with E-state index in [1.807, 2.05) is 29.2 Å². The molecule has 1 atom stereocenters. The second-order valence-corrected chi connectivity index (χ2v) is 9.46. The smallest absolute Gasteiger partial charge is 0.246 e. The zero-order valence-corrected chi connectivity index (χ0v) is 18.2. The van der Waals surface area contributed by atoms with Crippen LogP contribution in [0.3, 0.4) is 0 Å². The van der Waals surface area contributed by atoms with Crippen molar-refractivity contribution in [1.82, 2.24) is 9.21 Å². The molecule has 1 saturated heterocycles. The third kappa shape index (κ3) is 5.06. The topological polar surface area (TPSA) is 69.7 Å². The summed E-state index contributed by atoms with van der Waals surface area (Å²) < 4.78 is 40.6. The van der Waals surface area contributed by atoms with Crippen molar-refractivity contribution >= 4 is 21.6 Å². The Labute approximate surface area is 177 Å². The van der Waals surface area contributed by atoms with Gasteiger partial charge in [0, 0.05) is 31.9 Å². The maximum Gasteiger partial charge on any atom is 0.246 e. The largest absolute Gasteiger partial charge is 0.325 e. The molecule has 2 aromatic rings. The second kappa shape index (κ2) is 9.68. The molecule has 2 aromatic carbocycles. The van der Waals surface area contributed by atoms with Crippen molar-refractivity contribution in [2.24, 2.45) is 0 Å². The molecule has 1 heterocycles. The lowest BCUT2D eigenvalue weighted by Gasteiger charge is -2.33. The van der Waals surface area contributed by atoms with E-state index in [9.17, 15) is 17.6 Å². The van der Waals surface area contributed by atoms with Crippen LogP contribution in [0.2, 0.25) is 0 Å². The molecule has 0 unspecified atom stereocenters. The molecule has 1 N–H and O–H groups in total. The molecule has 30 heavy (non-hydrogen) atoms. The highest BCUT2D eigenvalue weighted by Crippen LogP contribution is 2.26. The van der Waals surface area contributed by atoms with Gasteiger partial charge in [-0.25, -0.2) is 12.8 Å². The highest BCUT2D eigenvalue weighted by Gasteiger charge is 2.30. The van der Waals surface area contributed by atoms with E-state index in [-0.39, 0.29) is 30.4 Å². The van der Waals surface area contributed by atoms with Crippen molar-refractivity contribution in [2.45, 2.75) is 31.1 Å². The molecule has 0 spiro atoms. The van der Waals surface area contributed by atoms with Crippen LogP contribution in [0.15, 0.2) is 53.4 Å². The normalized spacial score (nSPS) is 16.9. The number of amides is 1. The zero-order chi connectivity index (χ0) is 21.7. The number of hydrogen-bond acceptors (Lipinski definition) is 4. The van der Waals surface area contributed by atoms with Gasteiger partial charge in [-0.05, 0) is 36.1 Å². The number of benzene rings is 2. The summed E-state index contributed by atoms with van der Waals surface area (Å²) in [7, 11) is -3.88. The van der Waals surface area contributed by atoms with Gasteiger partial charge in [0.25, 0.3) is 0 Å². The third-order valence-electron chi connectivity index (χ3n) is 5.53. The number of halogens is 1. The minimum atomic E-state index is -3.88. The molecule has 6 nitrogen and oxygen atoms in total. The first kappa shape index (κ1) is 22.4. The van der Waals surface area contributed by atoms with E-state index >= 15 is 0 Å². The van der Waals surface area contributed by atoms with Crippen molar-refractivity contribution in [1.29, 1.82) is 0 Å². The Kier molecular flexibility index (Phi) is 7.23. The third-order valence-corrected chi connectivity index (χ3v) is 7.46. The molecule has 0 aliphatic carbocycles. The minimum absolute atomic E-state index is 0.129. The molecule has 162 valence electrons. The number of nitrogens with one attached hydrogen (secondary N) is 1. The molecule has 1 aliphatic heterocycles. The molecular formula is C22H28FN3O3S. The van der Waals surface area contributed by atoms with Gasteiger partial charge in [-0.15, -0.1) is 0 Å². The molecule has 8 heteroatoms. The van der Waals surface area contributed by atoms with Crippen LogP contribution in [0.25, 0.3) is 0 Å². The average Bonchev–Trinajstić information content (AvgIpc) is 2.74. The van der Waals surface area contributed by atoms with E-state index in [0.29, 0.717) is 19.0 Å². The van der Waals surface area contributed by atoms with Gasteiger partial charge in [0.15, 0.2) is 0 Å². The fourth-order valence-electron chi connectivity index (χ4n) is 3.57. The Balaban J connectivity index is 1.58. The molecule has 1 fully saturated rings. The Morgan fingerprint density at radius 3 is 2.37 bits per heavy atom. The Hall–Kier alpha value is -2.29. The van der Waals surface area contributed by atoms with Crippen molar-refractivity contribution in [3.8, 4) is 0 Å². The number of rotatable bonds is 7. The maximum atomic E-state index is 13.9. The summed E-state index contributed by atoms with van der Waals surface area (Å²) in [6.07, 6.45) is 0.978. The fourth-order valence-corrected chi connectivity index (χ4v) is 5.06. The van der Waals surface area contributed by atoms with Gasteiger partial charge in [0.05, 0.1) is 6.54 Å². The number of hydrogen-bond donors (Lipinski definition) is 1. The van der Waals surface area contributed by atoms with E-state index in [1.165, 1.54) is 22.5 Å². The van der Waals surface area contributed by atoms with Gasteiger partial charge in [-0.1, -0.05) is 44.2 Å². The number of carbonyl (C=O) groups excluding carboxylic acids is 1. The summed E-state index contributed by atoms with van der Waals surface area (Å²) in [4.78, 5) is 14.2. The summed E-state index contributed by atoms with van der Waals surface area (Å²) in [5.74, 6) is -0.538. The number of nitrogens with zero attached hydrogens (tertiary/aromatic N) is 2. The summed E-state index contributed by atoms with van der Waals surface area (Å²) in [5, 5.41) is 2.99. The molecule has 0 aromatic heterocycles. The molecule has 0 radical (unpaired) electrons. The highest BCUT2D eigenvalue weighted by atomic mass is 32.2. The Morgan fingerprint density at radius 1 is 1.07 bits per heavy atom. The van der Waals surface area contributed by atoms with Crippen molar-refractivity contribution in [2.75, 3.05) is 38.0 Å². The number of carbonyl (C=O) groups is 1. The standard InChI is InChI=1S/C22H28FN3O3S/c1-3-17(2)18-8-4-6-10-20(18)24-22(27)16-25-12-14-26(15-13-25)30(28,29)21-11-7-5-9-19(21)23/h4-11,17H,3,12-16H2,1-2H3,(H,24,27)/t17-/m0/s1. The molecule has 3 rings (SSSR count). The number of anilines is 1. The van der Waals surface area contributed by atoms with Gasteiger partial charge in [-0.3, -0.25) is 9.69 Å². The van der Waals surface area contributed by atoms with Crippen LogP contribution in [0.5, 0.6) is 0 Å². The van der Waals surface area contributed by atoms with Crippen molar-refractivity contribution in [3.63, 3.8) is 0 Å². The lowest BCUT2D eigenvalue weighted by atomic mass is 9.97. The molecular weight excluding hydrogens is 405 g/mol. The van der Waals surface area contributed by atoms with E-state index < -0.39 is 15.8 Å².